The highest BCUT2D eigenvalue weighted by atomic mass is 16.6. The fourth-order valence-electron chi connectivity index (χ4n) is 3.62. The van der Waals surface area contributed by atoms with E-state index >= 15 is 0 Å². The SMILES string of the molecule is CCOC(=O)C1=C(N)Nc2ccccc2[C@@]12C(=O)OC(C)=C2C(=O)OCCOC. The fraction of sp³-hybridized carbons (Fsp3) is 0.350. The first-order chi connectivity index (χ1) is 13.9. The maximum atomic E-state index is 13.2. The summed E-state index contributed by atoms with van der Waals surface area (Å²) < 4.78 is 20.6. The molecule has 2 aliphatic rings. The zero-order valence-electron chi connectivity index (χ0n) is 16.4. The Morgan fingerprint density at radius 3 is 2.52 bits per heavy atom. The number of methoxy groups -OCH3 is 1. The van der Waals surface area contributed by atoms with Gasteiger partial charge in [-0.3, -0.25) is 0 Å². The lowest BCUT2D eigenvalue weighted by molar-refractivity contribution is -0.147. The highest BCUT2D eigenvalue weighted by molar-refractivity contribution is 6.15. The maximum absolute atomic E-state index is 13.2. The number of nitrogens with two attached hydrogens (primary N) is 1. The molecule has 0 aliphatic carbocycles. The summed E-state index contributed by atoms with van der Waals surface area (Å²) in [5.74, 6) is -2.54. The van der Waals surface area contributed by atoms with Gasteiger partial charge in [0.05, 0.1) is 13.2 Å². The number of hydrogen-bond acceptors (Lipinski definition) is 9. The van der Waals surface area contributed by atoms with Crippen molar-refractivity contribution in [3.63, 3.8) is 0 Å². The van der Waals surface area contributed by atoms with Crippen LogP contribution in [0, 0.1) is 0 Å². The Balaban J connectivity index is 2.26. The van der Waals surface area contributed by atoms with E-state index in [1.165, 1.54) is 14.0 Å². The largest absolute Gasteiger partial charge is 0.462 e. The Labute approximate surface area is 167 Å². The van der Waals surface area contributed by atoms with Gasteiger partial charge < -0.3 is 30.0 Å². The van der Waals surface area contributed by atoms with Gasteiger partial charge in [-0.1, -0.05) is 18.2 Å². The minimum absolute atomic E-state index is 0.0312. The van der Waals surface area contributed by atoms with Gasteiger partial charge in [0.15, 0.2) is 5.41 Å². The van der Waals surface area contributed by atoms with Crippen molar-refractivity contribution in [1.29, 1.82) is 0 Å². The molecule has 3 N–H and O–H groups in total. The molecule has 0 aromatic heterocycles. The molecule has 0 amide bonds. The van der Waals surface area contributed by atoms with Crippen LogP contribution in [0.25, 0.3) is 0 Å². The van der Waals surface area contributed by atoms with Crippen molar-refractivity contribution in [2.45, 2.75) is 19.3 Å². The molecule has 1 spiro atoms. The molecule has 9 nitrogen and oxygen atoms in total. The lowest BCUT2D eigenvalue weighted by Crippen LogP contribution is -2.47. The van der Waals surface area contributed by atoms with Crippen molar-refractivity contribution >= 4 is 23.6 Å². The van der Waals surface area contributed by atoms with Gasteiger partial charge in [0.25, 0.3) is 0 Å². The van der Waals surface area contributed by atoms with E-state index in [1.54, 1.807) is 31.2 Å². The standard InChI is InChI=1S/C20H22N2O7/c1-4-27-18(24)15-16(21)22-13-8-6-5-7-12(13)20(15)14(11(2)29-19(20)25)17(23)28-10-9-26-3/h5-8,22H,4,9-10,21H2,1-3H3/t20-/m0/s1. The zero-order valence-corrected chi connectivity index (χ0v) is 16.4. The average molecular weight is 402 g/mol. The number of nitrogens with one attached hydrogen (secondary N) is 1. The van der Waals surface area contributed by atoms with Crippen molar-refractivity contribution in [1.82, 2.24) is 0 Å². The predicted octanol–water partition coefficient (Wildman–Crippen LogP) is 1.10. The van der Waals surface area contributed by atoms with Crippen LogP contribution >= 0.6 is 0 Å². The Hall–Kier alpha value is -3.33. The lowest BCUT2D eigenvalue weighted by atomic mass is 9.67. The van der Waals surface area contributed by atoms with E-state index in [-0.39, 0.29) is 42.5 Å². The minimum Gasteiger partial charge on any atom is -0.462 e. The summed E-state index contributed by atoms with van der Waals surface area (Å²) in [5, 5.41) is 2.90. The topological polar surface area (TPSA) is 126 Å². The molecule has 0 radical (unpaired) electrons. The Kier molecular flexibility index (Phi) is 5.60. The number of allylic oxidation sites excluding steroid dienone is 1. The van der Waals surface area contributed by atoms with Crippen LogP contribution in [-0.2, 0) is 38.7 Å². The van der Waals surface area contributed by atoms with Crippen molar-refractivity contribution in [3.8, 4) is 0 Å². The van der Waals surface area contributed by atoms with E-state index < -0.39 is 23.3 Å². The number of hydrogen-bond donors (Lipinski definition) is 2. The summed E-state index contributed by atoms with van der Waals surface area (Å²) in [4.78, 5) is 39.1. The molecule has 0 unspecified atom stereocenters. The van der Waals surface area contributed by atoms with Crippen LogP contribution in [0.1, 0.15) is 19.4 Å². The van der Waals surface area contributed by atoms with Crippen LogP contribution in [0.2, 0.25) is 0 Å². The molecule has 0 bridgehead atoms. The number of para-hydroxylation sites is 1. The molecule has 2 aliphatic heterocycles. The van der Waals surface area contributed by atoms with Gasteiger partial charge in [-0.2, -0.15) is 0 Å². The van der Waals surface area contributed by atoms with E-state index in [4.69, 9.17) is 24.7 Å². The van der Waals surface area contributed by atoms with Gasteiger partial charge in [0.2, 0.25) is 0 Å². The van der Waals surface area contributed by atoms with Crippen LogP contribution in [0.3, 0.4) is 0 Å². The van der Waals surface area contributed by atoms with E-state index in [2.05, 4.69) is 5.32 Å². The third-order valence-electron chi connectivity index (χ3n) is 4.73. The molecule has 1 aromatic carbocycles. The van der Waals surface area contributed by atoms with E-state index in [0.717, 1.165) is 0 Å². The fourth-order valence-corrected chi connectivity index (χ4v) is 3.62. The third-order valence-corrected chi connectivity index (χ3v) is 4.73. The monoisotopic (exact) mass is 402 g/mol. The second kappa shape index (κ2) is 7.96. The highest BCUT2D eigenvalue weighted by Crippen LogP contribution is 2.52. The van der Waals surface area contributed by atoms with Crippen LogP contribution < -0.4 is 11.1 Å². The molecule has 154 valence electrons. The summed E-state index contributed by atoms with van der Waals surface area (Å²) in [5.41, 5.74) is 4.73. The molecule has 1 atom stereocenters. The molecular weight excluding hydrogens is 380 g/mol. The summed E-state index contributed by atoms with van der Waals surface area (Å²) in [6.45, 7) is 3.27. The predicted molar refractivity (Wildman–Crippen MR) is 101 cm³/mol. The number of ether oxygens (including phenoxy) is 4. The Bertz CT molecular complexity index is 935. The molecule has 3 rings (SSSR count). The van der Waals surface area contributed by atoms with Gasteiger partial charge in [0.1, 0.15) is 29.3 Å². The smallest absolute Gasteiger partial charge is 0.339 e. The number of anilines is 1. The van der Waals surface area contributed by atoms with Crippen LogP contribution in [0.4, 0.5) is 5.69 Å². The van der Waals surface area contributed by atoms with Crippen LogP contribution in [-0.4, -0.2) is 44.8 Å². The van der Waals surface area contributed by atoms with E-state index in [0.29, 0.717) is 11.3 Å². The minimum atomic E-state index is -1.90. The highest BCUT2D eigenvalue weighted by Gasteiger charge is 2.62. The average Bonchev–Trinajstić information content (AvgIpc) is 2.92. The first kappa shape index (κ1) is 20.4. The molecule has 9 heteroatoms. The molecule has 1 aromatic rings. The summed E-state index contributed by atoms with van der Waals surface area (Å²) in [6.07, 6.45) is 0. The van der Waals surface area contributed by atoms with Crippen molar-refractivity contribution < 1.29 is 33.3 Å². The Morgan fingerprint density at radius 1 is 1.14 bits per heavy atom. The summed E-state index contributed by atoms with van der Waals surface area (Å²) in [6, 6.07) is 6.72. The Morgan fingerprint density at radius 2 is 1.83 bits per heavy atom. The first-order valence-corrected chi connectivity index (χ1v) is 9.03. The summed E-state index contributed by atoms with van der Waals surface area (Å²) >= 11 is 0. The molecule has 0 saturated heterocycles. The molecular formula is C20H22N2O7. The normalized spacial score (nSPS) is 20.3. The molecule has 2 heterocycles. The molecule has 0 saturated carbocycles. The summed E-state index contributed by atoms with van der Waals surface area (Å²) in [7, 11) is 1.47. The zero-order chi connectivity index (χ0) is 21.2. The number of cyclic esters (lactones) is 1. The van der Waals surface area contributed by atoms with E-state index in [9.17, 15) is 14.4 Å². The lowest BCUT2D eigenvalue weighted by Gasteiger charge is -2.35. The number of rotatable bonds is 6. The van der Waals surface area contributed by atoms with Crippen molar-refractivity contribution in [2.75, 3.05) is 32.2 Å². The number of benzene rings is 1. The van der Waals surface area contributed by atoms with Crippen molar-refractivity contribution in [3.05, 3.63) is 52.6 Å². The van der Waals surface area contributed by atoms with Crippen LogP contribution in [0.5, 0.6) is 0 Å². The van der Waals surface area contributed by atoms with Gasteiger partial charge >= 0.3 is 17.9 Å². The maximum Gasteiger partial charge on any atom is 0.339 e. The third kappa shape index (κ3) is 3.13. The van der Waals surface area contributed by atoms with Gasteiger partial charge in [-0.05, 0) is 19.9 Å². The number of esters is 3. The number of carbonyl (C=O) groups excluding carboxylic acids is 3. The van der Waals surface area contributed by atoms with E-state index in [1.807, 2.05) is 0 Å². The first-order valence-electron chi connectivity index (χ1n) is 9.03. The molecule has 29 heavy (non-hydrogen) atoms. The number of fused-ring (bicyclic) bond motifs is 2. The van der Waals surface area contributed by atoms with Crippen molar-refractivity contribution in [2.24, 2.45) is 5.73 Å². The van der Waals surface area contributed by atoms with Gasteiger partial charge in [-0.15, -0.1) is 0 Å². The second-order valence-corrected chi connectivity index (χ2v) is 6.38. The van der Waals surface area contributed by atoms with Gasteiger partial charge in [-0.25, -0.2) is 14.4 Å². The van der Waals surface area contributed by atoms with Crippen LogP contribution in [0.15, 0.2) is 47.0 Å². The molecule has 0 fully saturated rings. The number of carbonyl (C=O) groups is 3. The van der Waals surface area contributed by atoms with Gasteiger partial charge in [0, 0.05) is 18.4 Å². The second-order valence-electron chi connectivity index (χ2n) is 6.38. The quantitative estimate of drug-likeness (QED) is 0.409.